The Morgan fingerprint density at radius 1 is 1.14 bits per heavy atom. The number of benzene rings is 1. The minimum atomic E-state index is -4.49. The summed E-state index contributed by atoms with van der Waals surface area (Å²) in [6.07, 6.45) is -6.07. The number of nitrogens with zero attached hydrogens (tertiary/aromatic N) is 3. The summed E-state index contributed by atoms with van der Waals surface area (Å²) in [5, 5.41) is 3.36. The van der Waals surface area contributed by atoms with E-state index in [1.165, 1.54) is 19.2 Å². The molecule has 0 aliphatic heterocycles. The third kappa shape index (κ3) is 4.06. The predicted molar refractivity (Wildman–Crippen MR) is 98.2 cm³/mol. The molecule has 3 aromatic rings. The summed E-state index contributed by atoms with van der Waals surface area (Å²) in [5.41, 5.74) is -0.103. The average molecular weight is 461 g/mol. The van der Waals surface area contributed by atoms with E-state index in [2.05, 4.69) is 36.2 Å². The number of aromatic nitrogens is 3. The molecule has 0 amide bonds. The van der Waals surface area contributed by atoms with Crippen molar-refractivity contribution >= 4 is 32.7 Å². The minimum Gasteiger partial charge on any atom is -0.363 e. The van der Waals surface area contributed by atoms with Crippen molar-refractivity contribution in [1.29, 1.82) is 0 Å². The van der Waals surface area contributed by atoms with Crippen LogP contribution in [0.1, 0.15) is 41.9 Å². The lowest BCUT2D eigenvalue weighted by Crippen LogP contribution is -2.15. The molecule has 10 heteroatoms. The van der Waals surface area contributed by atoms with E-state index in [-0.39, 0.29) is 16.9 Å². The van der Waals surface area contributed by atoms with Gasteiger partial charge in [0, 0.05) is 5.39 Å². The van der Waals surface area contributed by atoms with E-state index >= 15 is 0 Å². The number of nitrogens with one attached hydrogen (secondary N) is 1. The molecule has 0 unspecified atom stereocenters. The first-order chi connectivity index (χ1) is 13.1. The molecule has 28 heavy (non-hydrogen) atoms. The summed E-state index contributed by atoms with van der Waals surface area (Å²) in [5.74, 6) is -0.597. The van der Waals surface area contributed by atoms with Gasteiger partial charge in [-0.1, -0.05) is 12.1 Å². The van der Waals surface area contributed by atoms with Crippen molar-refractivity contribution in [1.82, 2.24) is 15.0 Å². The SMILES string of the molecule is Cc1c([C@@H](C)Nc2nc(C(F)F)nc3cnc(Br)cc23)cccc1C(F)(F)F. The lowest BCUT2D eigenvalue weighted by atomic mass is 9.97. The van der Waals surface area contributed by atoms with Crippen LogP contribution in [0.15, 0.2) is 35.1 Å². The van der Waals surface area contributed by atoms with Gasteiger partial charge in [0.2, 0.25) is 0 Å². The Morgan fingerprint density at radius 3 is 2.50 bits per heavy atom. The van der Waals surface area contributed by atoms with Crippen LogP contribution in [0.2, 0.25) is 0 Å². The molecular weight excluding hydrogens is 447 g/mol. The third-order valence-corrected chi connectivity index (χ3v) is 4.70. The van der Waals surface area contributed by atoms with Crippen LogP contribution in [0.4, 0.5) is 27.8 Å². The summed E-state index contributed by atoms with van der Waals surface area (Å²) >= 11 is 3.20. The van der Waals surface area contributed by atoms with Crippen molar-refractivity contribution in [3.63, 3.8) is 0 Å². The molecule has 3 rings (SSSR count). The largest absolute Gasteiger partial charge is 0.416 e. The number of anilines is 1. The van der Waals surface area contributed by atoms with Crippen LogP contribution in [0.25, 0.3) is 10.9 Å². The van der Waals surface area contributed by atoms with Gasteiger partial charge < -0.3 is 5.32 Å². The third-order valence-electron chi connectivity index (χ3n) is 4.26. The van der Waals surface area contributed by atoms with Crippen molar-refractivity contribution in [2.75, 3.05) is 5.32 Å². The molecule has 0 fully saturated rings. The average Bonchev–Trinajstić information content (AvgIpc) is 2.60. The van der Waals surface area contributed by atoms with Crippen LogP contribution in [-0.2, 0) is 6.18 Å². The highest BCUT2D eigenvalue weighted by Gasteiger charge is 2.33. The molecule has 0 spiro atoms. The number of hydrogen-bond donors (Lipinski definition) is 1. The molecule has 0 saturated carbocycles. The van der Waals surface area contributed by atoms with Crippen LogP contribution < -0.4 is 5.32 Å². The van der Waals surface area contributed by atoms with Crippen LogP contribution in [0, 0.1) is 6.92 Å². The van der Waals surface area contributed by atoms with Crippen LogP contribution in [-0.4, -0.2) is 15.0 Å². The number of alkyl halides is 5. The lowest BCUT2D eigenvalue weighted by Gasteiger charge is -2.21. The molecular formula is C18H14BrF5N4. The van der Waals surface area contributed by atoms with Gasteiger partial charge in [-0.3, -0.25) is 0 Å². The standard InChI is InChI=1S/C18H14BrF5N4/c1-8-10(4-3-5-12(8)18(22,23)24)9(2)26-16-11-6-14(19)25-7-13(11)27-17(28-16)15(20)21/h3-7,9,15H,1-2H3,(H,26,27,28)/t9-/m1/s1. The molecule has 148 valence electrons. The second-order valence-electron chi connectivity index (χ2n) is 6.14. The zero-order chi connectivity index (χ0) is 20.6. The van der Waals surface area contributed by atoms with E-state index in [0.29, 0.717) is 15.6 Å². The highest BCUT2D eigenvalue weighted by molar-refractivity contribution is 9.10. The number of pyridine rings is 1. The van der Waals surface area contributed by atoms with E-state index in [4.69, 9.17) is 0 Å². The topological polar surface area (TPSA) is 50.7 Å². The Labute approximate surface area is 165 Å². The molecule has 1 N–H and O–H groups in total. The number of hydrogen-bond acceptors (Lipinski definition) is 4. The van der Waals surface area contributed by atoms with E-state index in [9.17, 15) is 22.0 Å². The van der Waals surface area contributed by atoms with Gasteiger partial charge in [-0.2, -0.15) is 13.2 Å². The molecule has 0 radical (unpaired) electrons. The van der Waals surface area contributed by atoms with E-state index in [1.807, 2.05) is 0 Å². The van der Waals surface area contributed by atoms with Crippen molar-refractivity contribution in [3.05, 3.63) is 57.6 Å². The second-order valence-corrected chi connectivity index (χ2v) is 6.95. The van der Waals surface area contributed by atoms with E-state index in [0.717, 1.165) is 6.07 Å². The predicted octanol–water partition coefficient (Wildman–Crippen LogP) is 6.23. The van der Waals surface area contributed by atoms with Gasteiger partial charge in [-0.05, 0) is 53.0 Å². The fourth-order valence-corrected chi connectivity index (χ4v) is 3.28. The summed E-state index contributed by atoms with van der Waals surface area (Å²) in [6.45, 7) is 3.01. The van der Waals surface area contributed by atoms with E-state index in [1.54, 1.807) is 19.1 Å². The first kappa shape index (κ1) is 20.4. The van der Waals surface area contributed by atoms with Crippen LogP contribution in [0.3, 0.4) is 0 Å². The molecule has 0 bridgehead atoms. The fourth-order valence-electron chi connectivity index (χ4n) is 2.94. The number of rotatable bonds is 4. The normalized spacial score (nSPS) is 13.2. The van der Waals surface area contributed by atoms with Gasteiger partial charge >= 0.3 is 6.18 Å². The molecule has 2 aromatic heterocycles. The maximum absolute atomic E-state index is 13.2. The first-order valence-corrected chi connectivity index (χ1v) is 8.92. The highest BCUT2D eigenvalue weighted by Crippen LogP contribution is 2.36. The summed E-state index contributed by atoms with van der Waals surface area (Å²) < 4.78 is 66.3. The monoisotopic (exact) mass is 460 g/mol. The molecule has 1 atom stereocenters. The second kappa shape index (κ2) is 7.57. The minimum absolute atomic E-state index is 0.0605. The van der Waals surface area contributed by atoms with Crippen LogP contribution >= 0.6 is 15.9 Å². The Kier molecular flexibility index (Phi) is 5.51. The maximum Gasteiger partial charge on any atom is 0.416 e. The summed E-state index contributed by atoms with van der Waals surface area (Å²) in [6, 6.07) is 4.80. The quantitative estimate of drug-likeness (QED) is 0.370. The Morgan fingerprint density at radius 2 is 1.86 bits per heavy atom. The molecule has 1 aromatic carbocycles. The van der Waals surface area contributed by atoms with Crippen molar-refractivity contribution < 1.29 is 22.0 Å². The van der Waals surface area contributed by atoms with Gasteiger partial charge in [0.1, 0.15) is 10.4 Å². The van der Waals surface area contributed by atoms with E-state index < -0.39 is 30.0 Å². The number of halogens is 6. The van der Waals surface area contributed by atoms with Gasteiger partial charge in [-0.15, -0.1) is 0 Å². The van der Waals surface area contributed by atoms with Gasteiger partial charge in [0.15, 0.2) is 5.82 Å². The zero-order valence-electron chi connectivity index (χ0n) is 14.7. The lowest BCUT2D eigenvalue weighted by molar-refractivity contribution is -0.138. The van der Waals surface area contributed by atoms with Gasteiger partial charge in [0.05, 0.1) is 23.3 Å². The van der Waals surface area contributed by atoms with Crippen molar-refractivity contribution in [2.45, 2.75) is 32.5 Å². The highest BCUT2D eigenvalue weighted by atomic mass is 79.9. The molecule has 0 aliphatic rings. The molecule has 2 heterocycles. The Hall–Kier alpha value is -2.36. The molecule has 0 saturated heterocycles. The van der Waals surface area contributed by atoms with Crippen LogP contribution in [0.5, 0.6) is 0 Å². The summed E-state index contributed by atoms with van der Waals surface area (Å²) in [4.78, 5) is 11.6. The molecule has 0 aliphatic carbocycles. The van der Waals surface area contributed by atoms with Crippen molar-refractivity contribution in [2.24, 2.45) is 0 Å². The van der Waals surface area contributed by atoms with Gasteiger partial charge in [0.25, 0.3) is 6.43 Å². The smallest absolute Gasteiger partial charge is 0.363 e. The fraction of sp³-hybridized carbons (Fsp3) is 0.278. The summed E-state index contributed by atoms with van der Waals surface area (Å²) in [7, 11) is 0. The van der Waals surface area contributed by atoms with Gasteiger partial charge in [-0.25, -0.2) is 23.7 Å². The number of fused-ring (bicyclic) bond motifs is 1. The Balaban J connectivity index is 2.06. The van der Waals surface area contributed by atoms with Crippen molar-refractivity contribution in [3.8, 4) is 0 Å². The maximum atomic E-state index is 13.2. The Bertz CT molecular complexity index is 1020. The first-order valence-electron chi connectivity index (χ1n) is 8.12. The zero-order valence-corrected chi connectivity index (χ0v) is 16.2. The molecule has 4 nitrogen and oxygen atoms in total.